The molecule has 0 N–H and O–H groups in total. The lowest BCUT2D eigenvalue weighted by molar-refractivity contribution is 0.368. The number of ether oxygens (including phenoxy) is 1. The van der Waals surface area contributed by atoms with Gasteiger partial charge in [0.1, 0.15) is 4.90 Å². The molecule has 0 fully saturated rings. The maximum Gasteiger partial charge on any atom is 0.264 e. The summed E-state index contributed by atoms with van der Waals surface area (Å²) in [7, 11) is 1.55. The van der Waals surface area contributed by atoms with Gasteiger partial charge in [-0.2, -0.15) is 4.39 Å². The predicted molar refractivity (Wildman–Crippen MR) is 51.0 cm³/mol. The molecule has 0 heterocycles. The summed E-state index contributed by atoms with van der Waals surface area (Å²) in [5.74, 6) is -3.69. The summed E-state index contributed by atoms with van der Waals surface area (Å²) >= 11 is 5.46. The Morgan fingerprint density at radius 2 is 1.87 bits per heavy atom. The lowest BCUT2D eigenvalue weighted by atomic mass is 10.3. The van der Waals surface area contributed by atoms with Gasteiger partial charge >= 0.3 is 0 Å². The monoisotopic (exact) mass is 276 g/mol. The maximum absolute atomic E-state index is 13.1. The van der Waals surface area contributed by atoms with Crippen molar-refractivity contribution in [3.05, 3.63) is 22.7 Å². The van der Waals surface area contributed by atoms with Crippen LogP contribution in [0.25, 0.3) is 0 Å². The lowest BCUT2D eigenvalue weighted by Crippen LogP contribution is -2.01. The molecule has 0 unspecified atom stereocenters. The first-order valence-electron chi connectivity index (χ1n) is 3.45. The molecule has 0 saturated heterocycles. The highest BCUT2D eigenvalue weighted by Gasteiger charge is 2.25. The molecule has 0 atom stereocenters. The van der Waals surface area contributed by atoms with Crippen molar-refractivity contribution >= 4 is 31.3 Å². The van der Waals surface area contributed by atoms with Gasteiger partial charge in [-0.1, -0.05) is 11.6 Å². The van der Waals surface area contributed by atoms with Gasteiger partial charge in [0.05, 0.1) is 12.1 Å². The summed E-state index contributed by atoms with van der Waals surface area (Å²) in [5.41, 5.74) is 0. The number of methoxy groups -OCH3 is 1. The summed E-state index contributed by atoms with van der Waals surface area (Å²) in [4.78, 5) is -1.02. The van der Waals surface area contributed by atoms with E-state index < -0.39 is 31.3 Å². The van der Waals surface area contributed by atoms with Gasteiger partial charge in [0.15, 0.2) is 11.6 Å². The second kappa shape index (κ2) is 4.11. The molecule has 15 heavy (non-hydrogen) atoms. The molecular formula is C7H4Cl2F2O3S. The number of rotatable bonds is 2. The van der Waals surface area contributed by atoms with E-state index in [1.807, 2.05) is 0 Å². The summed E-state index contributed by atoms with van der Waals surface area (Å²) in [6.07, 6.45) is 0. The summed E-state index contributed by atoms with van der Waals surface area (Å²) in [5, 5.41) is -0.379. The minimum Gasteiger partial charge on any atom is -0.492 e. The van der Waals surface area contributed by atoms with E-state index in [9.17, 15) is 17.2 Å². The molecule has 8 heteroatoms. The number of benzene rings is 1. The predicted octanol–water partition coefficient (Wildman–Crippen LogP) is 2.55. The van der Waals surface area contributed by atoms with Crippen LogP contribution in [0.5, 0.6) is 5.75 Å². The molecule has 0 aliphatic carbocycles. The van der Waals surface area contributed by atoms with Gasteiger partial charge in [-0.25, -0.2) is 12.8 Å². The van der Waals surface area contributed by atoms with Crippen LogP contribution < -0.4 is 4.74 Å². The smallest absolute Gasteiger partial charge is 0.264 e. The van der Waals surface area contributed by atoms with Crippen molar-refractivity contribution in [2.45, 2.75) is 4.90 Å². The Labute approximate surface area is 94.0 Å². The summed E-state index contributed by atoms with van der Waals surface area (Å²) < 4.78 is 52.4. The Bertz CT molecular complexity index is 501. The van der Waals surface area contributed by atoms with E-state index in [0.717, 1.165) is 7.11 Å². The molecule has 0 bridgehead atoms. The van der Waals surface area contributed by atoms with Crippen LogP contribution in [0.15, 0.2) is 11.0 Å². The lowest BCUT2D eigenvalue weighted by Gasteiger charge is -2.07. The van der Waals surface area contributed by atoms with Gasteiger partial charge in [0.2, 0.25) is 5.82 Å². The highest BCUT2D eigenvalue weighted by atomic mass is 35.7. The minimum atomic E-state index is -4.39. The first-order chi connectivity index (χ1) is 6.79. The van der Waals surface area contributed by atoms with E-state index in [1.165, 1.54) is 0 Å². The van der Waals surface area contributed by atoms with Crippen molar-refractivity contribution in [2.24, 2.45) is 0 Å². The van der Waals surface area contributed by atoms with Crippen molar-refractivity contribution < 1.29 is 21.9 Å². The topological polar surface area (TPSA) is 43.4 Å². The second-order valence-corrected chi connectivity index (χ2v) is 5.40. The fraction of sp³-hybridized carbons (Fsp3) is 0.143. The molecule has 0 radical (unpaired) electrons. The Morgan fingerprint density at radius 3 is 2.27 bits per heavy atom. The third-order valence-corrected chi connectivity index (χ3v) is 3.15. The van der Waals surface area contributed by atoms with Crippen molar-refractivity contribution in [3.8, 4) is 5.75 Å². The third-order valence-electron chi connectivity index (χ3n) is 1.55. The fourth-order valence-electron chi connectivity index (χ4n) is 0.921. The van der Waals surface area contributed by atoms with Gasteiger partial charge in [0, 0.05) is 10.7 Å². The van der Waals surface area contributed by atoms with Crippen molar-refractivity contribution in [2.75, 3.05) is 7.11 Å². The average Bonchev–Trinajstić information content (AvgIpc) is 2.10. The van der Waals surface area contributed by atoms with Gasteiger partial charge in [-0.05, 0) is 6.07 Å². The van der Waals surface area contributed by atoms with E-state index in [-0.39, 0.29) is 5.02 Å². The quantitative estimate of drug-likeness (QED) is 0.616. The van der Waals surface area contributed by atoms with Crippen LogP contribution >= 0.6 is 22.3 Å². The second-order valence-electron chi connectivity index (χ2n) is 2.46. The zero-order valence-corrected chi connectivity index (χ0v) is 9.55. The average molecular weight is 277 g/mol. The van der Waals surface area contributed by atoms with Crippen LogP contribution in [-0.2, 0) is 9.05 Å². The Kier molecular flexibility index (Phi) is 3.42. The van der Waals surface area contributed by atoms with Crippen LogP contribution in [-0.4, -0.2) is 15.5 Å². The van der Waals surface area contributed by atoms with Crippen LogP contribution in [0.3, 0.4) is 0 Å². The molecule has 0 spiro atoms. The highest BCUT2D eigenvalue weighted by Crippen LogP contribution is 2.34. The van der Waals surface area contributed by atoms with E-state index in [0.29, 0.717) is 6.07 Å². The van der Waals surface area contributed by atoms with Crippen molar-refractivity contribution in [1.82, 2.24) is 0 Å². The largest absolute Gasteiger partial charge is 0.492 e. The first kappa shape index (κ1) is 12.5. The molecule has 1 rings (SSSR count). The number of hydrogen-bond donors (Lipinski definition) is 0. The zero-order chi connectivity index (χ0) is 11.8. The molecule has 0 aliphatic rings. The Morgan fingerprint density at radius 1 is 1.33 bits per heavy atom. The van der Waals surface area contributed by atoms with Crippen molar-refractivity contribution in [1.29, 1.82) is 0 Å². The van der Waals surface area contributed by atoms with E-state index >= 15 is 0 Å². The van der Waals surface area contributed by atoms with Crippen LogP contribution in [0.1, 0.15) is 0 Å². The SMILES string of the molecule is COc1c(Cl)cc(S(=O)(=O)Cl)c(F)c1F. The molecule has 3 nitrogen and oxygen atoms in total. The van der Waals surface area contributed by atoms with Gasteiger partial charge in [0.25, 0.3) is 9.05 Å². The minimum absolute atomic E-state index is 0.379. The molecular weight excluding hydrogens is 273 g/mol. The van der Waals surface area contributed by atoms with E-state index in [1.54, 1.807) is 0 Å². The number of hydrogen-bond acceptors (Lipinski definition) is 3. The van der Waals surface area contributed by atoms with Crippen LogP contribution in [0.2, 0.25) is 5.02 Å². The molecule has 0 aromatic heterocycles. The first-order valence-corrected chi connectivity index (χ1v) is 6.14. The Balaban J connectivity index is 3.62. The van der Waals surface area contributed by atoms with Crippen molar-refractivity contribution in [3.63, 3.8) is 0 Å². The zero-order valence-electron chi connectivity index (χ0n) is 7.22. The molecule has 84 valence electrons. The molecule has 0 amide bonds. The number of halogens is 4. The summed E-state index contributed by atoms with van der Waals surface area (Å²) in [6, 6.07) is 0.682. The standard InChI is InChI=1S/C7H4Cl2F2O3S/c1-14-7-3(8)2-4(15(9,12)13)5(10)6(7)11/h2H,1H3. The van der Waals surface area contributed by atoms with Gasteiger partial charge in [-0.3, -0.25) is 0 Å². The van der Waals surface area contributed by atoms with E-state index in [4.69, 9.17) is 22.3 Å². The molecule has 1 aromatic carbocycles. The van der Waals surface area contributed by atoms with E-state index in [2.05, 4.69) is 4.74 Å². The highest BCUT2D eigenvalue weighted by molar-refractivity contribution is 8.13. The summed E-state index contributed by atoms with van der Waals surface area (Å²) in [6.45, 7) is 0. The fourth-order valence-corrected chi connectivity index (χ4v) is 2.15. The molecule has 0 aliphatic heterocycles. The van der Waals surface area contributed by atoms with Gasteiger partial charge in [-0.15, -0.1) is 0 Å². The Hall–Kier alpha value is -0.590. The molecule has 1 aromatic rings. The third kappa shape index (κ3) is 2.32. The van der Waals surface area contributed by atoms with Gasteiger partial charge < -0.3 is 4.74 Å². The normalized spacial score (nSPS) is 11.5. The maximum atomic E-state index is 13.1. The van der Waals surface area contributed by atoms with Crippen LogP contribution in [0, 0.1) is 11.6 Å². The van der Waals surface area contributed by atoms with Crippen LogP contribution in [0.4, 0.5) is 8.78 Å². The molecule has 0 saturated carbocycles.